The molecule has 1 aromatic rings. The normalized spacial score (nSPS) is 13.2. The number of carboxylic acid groups (broad SMARTS) is 1. The largest absolute Gasteiger partial charge is 0.480 e. The van der Waals surface area contributed by atoms with E-state index < -0.39 is 11.5 Å². The Hall–Kier alpha value is -1.36. The zero-order valence-electron chi connectivity index (χ0n) is 9.48. The maximum atomic E-state index is 11.8. The fraction of sp³-hybridized carbons (Fsp3) is 0.455. The number of thiophene rings is 1. The molecule has 1 amide bonds. The monoisotopic (exact) mass is 241 g/mol. The molecule has 1 aromatic heterocycles. The number of aliphatic carboxylic acids is 1. The number of amides is 1. The first-order valence-electron chi connectivity index (χ1n) is 4.92. The van der Waals surface area contributed by atoms with E-state index in [0.717, 1.165) is 5.56 Å². The summed E-state index contributed by atoms with van der Waals surface area (Å²) in [4.78, 5) is 22.6. The molecule has 4 nitrogen and oxygen atoms in total. The Balaban J connectivity index is 2.70. The average molecular weight is 241 g/mol. The van der Waals surface area contributed by atoms with Crippen LogP contribution in [0, 0.1) is 0 Å². The van der Waals surface area contributed by atoms with Crippen LogP contribution in [0.25, 0.3) is 0 Å². The van der Waals surface area contributed by atoms with E-state index in [9.17, 15) is 9.59 Å². The van der Waals surface area contributed by atoms with Gasteiger partial charge in [-0.25, -0.2) is 4.79 Å². The van der Waals surface area contributed by atoms with Gasteiger partial charge in [0.1, 0.15) is 5.54 Å². The number of hydrogen-bond acceptors (Lipinski definition) is 3. The van der Waals surface area contributed by atoms with Crippen molar-refractivity contribution in [3.8, 4) is 0 Å². The molecule has 1 unspecified atom stereocenters. The lowest BCUT2D eigenvalue weighted by Gasteiger charge is -2.23. The molecule has 2 N–H and O–H groups in total. The third-order valence-corrected chi connectivity index (χ3v) is 3.11. The van der Waals surface area contributed by atoms with Gasteiger partial charge in [0.2, 0.25) is 5.91 Å². The molecule has 88 valence electrons. The van der Waals surface area contributed by atoms with Gasteiger partial charge in [0.15, 0.2) is 0 Å². The molecule has 0 aliphatic carbocycles. The van der Waals surface area contributed by atoms with E-state index in [1.165, 1.54) is 25.2 Å². The van der Waals surface area contributed by atoms with E-state index in [0.29, 0.717) is 0 Å². The summed E-state index contributed by atoms with van der Waals surface area (Å²) in [7, 11) is 0. The lowest BCUT2D eigenvalue weighted by Crippen LogP contribution is -2.50. The Labute approximate surface area is 98.3 Å². The Morgan fingerprint density at radius 2 is 2.12 bits per heavy atom. The van der Waals surface area contributed by atoms with E-state index in [1.807, 2.05) is 16.8 Å². The first-order valence-corrected chi connectivity index (χ1v) is 5.86. The highest BCUT2D eigenvalue weighted by Gasteiger charge is 2.30. The van der Waals surface area contributed by atoms with E-state index in [2.05, 4.69) is 5.32 Å². The fourth-order valence-corrected chi connectivity index (χ4v) is 1.90. The zero-order valence-corrected chi connectivity index (χ0v) is 10.3. The molecule has 0 saturated heterocycles. The van der Waals surface area contributed by atoms with Gasteiger partial charge in [-0.2, -0.15) is 11.3 Å². The highest BCUT2D eigenvalue weighted by Crippen LogP contribution is 2.19. The summed E-state index contributed by atoms with van der Waals surface area (Å²) in [6.45, 7) is 4.69. The first-order chi connectivity index (χ1) is 7.34. The minimum Gasteiger partial charge on any atom is -0.480 e. The molecule has 0 bridgehead atoms. The molecular formula is C11H15NO3S. The van der Waals surface area contributed by atoms with Gasteiger partial charge >= 0.3 is 5.97 Å². The van der Waals surface area contributed by atoms with E-state index in [-0.39, 0.29) is 11.8 Å². The summed E-state index contributed by atoms with van der Waals surface area (Å²) < 4.78 is 0. The van der Waals surface area contributed by atoms with Crippen molar-refractivity contribution in [2.24, 2.45) is 0 Å². The van der Waals surface area contributed by atoms with Crippen molar-refractivity contribution in [3.63, 3.8) is 0 Å². The fourth-order valence-electron chi connectivity index (χ4n) is 1.14. The molecule has 0 aromatic carbocycles. The van der Waals surface area contributed by atoms with Gasteiger partial charge in [-0.1, -0.05) is 0 Å². The molecule has 16 heavy (non-hydrogen) atoms. The third kappa shape index (κ3) is 2.82. The van der Waals surface area contributed by atoms with Crippen molar-refractivity contribution in [3.05, 3.63) is 22.4 Å². The highest BCUT2D eigenvalue weighted by atomic mass is 32.1. The summed E-state index contributed by atoms with van der Waals surface area (Å²) in [5.41, 5.74) is -0.329. The topological polar surface area (TPSA) is 66.4 Å². The van der Waals surface area contributed by atoms with Crippen molar-refractivity contribution in [1.82, 2.24) is 5.32 Å². The van der Waals surface area contributed by atoms with Crippen molar-refractivity contribution in [2.45, 2.75) is 32.2 Å². The number of carbonyl (C=O) groups excluding carboxylic acids is 1. The molecule has 0 aliphatic heterocycles. The Morgan fingerprint density at radius 3 is 2.56 bits per heavy atom. The lowest BCUT2D eigenvalue weighted by molar-refractivity contribution is -0.146. The van der Waals surface area contributed by atoms with E-state index >= 15 is 0 Å². The molecule has 1 heterocycles. The second kappa shape index (κ2) is 4.65. The number of carboxylic acids is 1. The number of nitrogens with one attached hydrogen (secondary N) is 1. The molecule has 0 spiro atoms. The molecule has 5 heteroatoms. The van der Waals surface area contributed by atoms with Crippen LogP contribution in [0.2, 0.25) is 0 Å². The van der Waals surface area contributed by atoms with E-state index in [4.69, 9.17) is 5.11 Å². The summed E-state index contributed by atoms with van der Waals surface area (Å²) in [6, 6.07) is 1.86. The summed E-state index contributed by atoms with van der Waals surface area (Å²) >= 11 is 1.51. The SMILES string of the molecule is CC(C(=O)NC(C)(C)C(=O)O)c1ccsc1. The number of carbonyl (C=O) groups is 2. The van der Waals surface area contributed by atoms with Crippen molar-refractivity contribution in [2.75, 3.05) is 0 Å². The lowest BCUT2D eigenvalue weighted by atomic mass is 10.0. The van der Waals surface area contributed by atoms with Crippen LogP contribution in [0.1, 0.15) is 32.3 Å². The molecule has 1 atom stereocenters. The van der Waals surface area contributed by atoms with Crippen molar-refractivity contribution < 1.29 is 14.7 Å². The van der Waals surface area contributed by atoms with E-state index in [1.54, 1.807) is 6.92 Å². The van der Waals surface area contributed by atoms with Gasteiger partial charge in [-0.15, -0.1) is 0 Å². The second-order valence-corrected chi connectivity index (χ2v) is 4.98. The average Bonchev–Trinajstić information content (AvgIpc) is 2.68. The highest BCUT2D eigenvalue weighted by molar-refractivity contribution is 7.08. The number of hydrogen-bond donors (Lipinski definition) is 2. The molecule has 1 rings (SSSR count). The van der Waals surface area contributed by atoms with Crippen LogP contribution in [0.15, 0.2) is 16.8 Å². The predicted octanol–water partition coefficient (Wildman–Crippen LogP) is 1.83. The molecule has 0 saturated carbocycles. The van der Waals surface area contributed by atoms with Crippen molar-refractivity contribution in [1.29, 1.82) is 0 Å². The van der Waals surface area contributed by atoms with Crippen LogP contribution in [0.3, 0.4) is 0 Å². The smallest absolute Gasteiger partial charge is 0.328 e. The second-order valence-electron chi connectivity index (χ2n) is 4.20. The maximum Gasteiger partial charge on any atom is 0.328 e. The van der Waals surface area contributed by atoms with Crippen LogP contribution in [0.4, 0.5) is 0 Å². The Morgan fingerprint density at radius 1 is 1.50 bits per heavy atom. The number of rotatable bonds is 4. The Bertz CT molecular complexity index is 384. The quantitative estimate of drug-likeness (QED) is 0.845. The molecule has 0 fully saturated rings. The zero-order chi connectivity index (χ0) is 12.3. The maximum absolute atomic E-state index is 11.8. The molecular weight excluding hydrogens is 226 g/mol. The Kier molecular flexibility index (Phi) is 3.70. The molecule has 0 aliphatic rings. The van der Waals surface area contributed by atoms with Gasteiger partial charge in [-0.05, 0) is 43.2 Å². The van der Waals surface area contributed by atoms with Crippen LogP contribution < -0.4 is 5.32 Å². The van der Waals surface area contributed by atoms with Gasteiger partial charge < -0.3 is 10.4 Å². The van der Waals surface area contributed by atoms with Crippen LogP contribution in [-0.2, 0) is 9.59 Å². The summed E-state index contributed by atoms with van der Waals surface area (Å²) in [5.74, 6) is -1.64. The van der Waals surface area contributed by atoms with Gasteiger partial charge in [0.25, 0.3) is 0 Å². The standard InChI is InChI=1S/C11H15NO3S/c1-7(8-4-5-16-6-8)9(13)12-11(2,3)10(14)15/h4-7H,1-3H3,(H,12,13)(H,14,15). The van der Waals surface area contributed by atoms with Crippen LogP contribution >= 0.6 is 11.3 Å². The third-order valence-electron chi connectivity index (χ3n) is 2.41. The van der Waals surface area contributed by atoms with Crippen LogP contribution in [-0.4, -0.2) is 22.5 Å². The predicted molar refractivity (Wildman–Crippen MR) is 62.6 cm³/mol. The summed E-state index contributed by atoms with van der Waals surface area (Å²) in [5, 5.41) is 15.2. The minimum atomic E-state index is -1.23. The molecule has 0 radical (unpaired) electrons. The van der Waals surface area contributed by atoms with Gasteiger partial charge in [0.05, 0.1) is 5.92 Å². The van der Waals surface area contributed by atoms with Crippen molar-refractivity contribution >= 4 is 23.2 Å². The van der Waals surface area contributed by atoms with Crippen LogP contribution in [0.5, 0.6) is 0 Å². The minimum absolute atomic E-state index is 0.272. The summed E-state index contributed by atoms with van der Waals surface area (Å²) in [6.07, 6.45) is 0. The van der Waals surface area contributed by atoms with Gasteiger partial charge in [-0.3, -0.25) is 4.79 Å². The first kappa shape index (κ1) is 12.7. The van der Waals surface area contributed by atoms with Gasteiger partial charge in [0, 0.05) is 0 Å².